The van der Waals surface area contributed by atoms with Crippen LogP contribution in [0.25, 0.3) is 0 Å². The summed E-state index contributed by atoms with van der Waals surface area (Å²) in [5.41, 5.74) is 7.48. The summed E-state index contributed by atoms with van der Waals surface area (Å²) >= 11 is 0. The molecule has 2 rings (SSSR count). The standard InChI is InChI=1S/C14H19N5O/c1-10(2)8-20-14-12(15)13(18-9-19-14)17-7-11-4-3-5-16-6-11/h3-6,9-10H,7-8,15H2,1-2H3,(H,17,18,19). The molecule has 0 aliphatic heterocycles. The Bertz CT molecular complexity index is 545. The Balaban J connectivity index is 2.03. The predicted octanol–water partition coefficient (Wildman–Crippen LogP) is 2.10. The zero-order valence-electron chi connectivity index (χ0n) is 11.7. The first-order chi connectivity index (χ1) is 9.66. The molecule has 6 heteroatoms. The van der Waals surface area contributed by atoms with E-state index in [4.69, 9.17) is 10.5 Å². The maximum absolute atomic E-state index is 6.01. The average Bonchev–Trinajstić information content (AvgIpc) is 2.46. The SMILES string of the molecule is CC(C)COc1ncnc(NCc2cccnc2)c1N. The van der Waals surface area contributed by atoms with E-state index < -0.39 is 0 Å². The van der Waals surface area contributed by atoms with E-state index in [0.29, 0.717) is 36.5 Å². The summed E-state index contributed by atoms with van der Waals surface area (Å²) < 4.78 is 5.56. The fourth-order valence-electron chi connectivity index (χ4n) is 1.57. The molecule has 0 fully saturated rings. The van der Waals surface area contributed by atoms with E-state index in [1.165, 1.54) is 6.33 Å². The maximum Gasteiger partial charge on any atom is 0.242 e. The molecule has 20 heavy (non-hydrogen) atoms. The van der Waals surface area contributed by atoms with Gasteiger partial charge in [0.2, 0.25) is 5.88 Å². The van der Waals surface area contributed by atoms with E-state index >= 15 is 0 Å². The number of ether oxygens (including phenoxy) is 1. The average molecular weight is 273 g/mol. The summed E-state index contributed by atoms with van der Waals surface area (Å²) in [6.45, 7) is 5.31. The molecule has 2 aromatic heterocycles. The summed E-state index contributed by atoms with van der Waals surface area (Å²) in [6, 6.07) is 3.87. The van der Waals surface area contributed by atoms with Crippen molar-refractivity contribution in [3.05, 3.63) is 36.4 Å². The lowest BCUT2D eigenvalue weighted by Crippen LogP contribution is -2.10. The number of aromatic nitrogens is 3. The van der Waals surface area contributed by atoms with Gasteiger partial charge in [-0.1, -0.05) is 19.9 Å². The van der Waals surface area contributed by atoms with Crippen LogP contribution in [0, 0.1) is 5.92 Å². The third-order valence-corrected chi connectivity index (χ3v) is 2.58. The van der Waals surface area contributed by atoms with E-state index in [-0.39, 0.29) is 0 Å². The monoisotopic (exact) mass is 273 g/mol. The Labute approximate surface area is 118 Å². The lowest BCUT2D eigenvalue weighted by molar-refractivity contribution is 0.262. The van der Waals surface area contributed by atoms with Crippen LogP contribution in [0.5, 0.6) is 5.88 Å². The molecule has 0 saturated carbocycles. The lowest BCUT2D eigenvalue weighted by Gasteiger charge is -2.12. The molecule has 0 aliphatic rings. The van der Waals surface area contributed by atoms with Gasteiger partial charge in [-0.3, -0.25) is 4.98 Å². The number of nitrogens with zero attached hydrogens (tertiary/aromatic N) is 3. The van der Waals surface area contributed by atoms with Gasteiger partial charge in [-0.15, -0.1) is 0 Å². The van der Waals surface area contributed by atoms with Crippen LogP contribution < -0.4 is 15.8 Å². The minimum atomic E-state index is 0.413. The van der Waals surface area contributed by atoms with Crippen LogP contribution in [0.1, 0.15) is 19.4 Å². The van der Waals surface area contributed by atoms with Crippen molar-refractivity contribution < 1.29 is 4.74 Å². The Kier molecular flexibility index (Phi) is 4.70. The first kappa shape index (κ1) is 14.0. The molecule has 0 aliphatic carbocycles. The molecule has 106 valence electrons. The van der Waals surface area contributed by atoms with Crippen LogP contribution >= 0.6 is 0 Å². The van der Waals surface area contributed by atoms with E-state index in [9.17, 15) is 0 Å². The number of pyridine rings is 1. The number of hydrogen-bond acceptors (Lipinski definition) is 6. The van der Waals surface area contributed by atoms with Gasteiger partial charge in [0.25, 0.3) is 0 Å². The Morgan fingerprint density at radius 3 is 2.90 bits per heavy atom. The topological polar surface area (TPSA) is 86.0 Å². The number of rotatable bonds is 6. The van der Waals surface area contributed by atoms with Gasteiger partial charge < -0.3 is 15.8 Å². The summed E-state index contributed by atoms with van der Waals surface area (Å²) in [7, 11) is 0. The number of anilines is 2. The third kappa shape index (κ3) is 3.81. The Morgan fingerprint density at radius 2 is 2.20 bits per heavy atom. The zero-order valence-corrected chi connectivity index (χ0v) is 11.7. The molecule has 0 saturated heterocycles. The van der Waals surface area contributed by atoms with Crippen molar-refractivity contribution in [2.24, 2.45) is 5.92 Å². The number of hydrogen-bond donors (Lipinski definition) is 2. The van der Waals surface area contributed by atoms with Crippen LogP contribution in [-0.2, 0) is 6.54 Å². The van der Waals surface area contributed by atoms with Gasteiger partial charge in [-0.25, -0.2) is 4.98 Å². The van der Waals surface area contributed by atoms with Crippen molar-refractivity contribution in [2.45, 2.75) is 20.4 Å². The van der Waals surface area contributed by atoms with Crippen LogP contribution in [0.4, 0.5) is 11.5 Å². The highest BCUT2D eigenvalue weighted by Gasteiger charge is 2.09. The number of nitrogens with two attached hydrogens (primary N) is 1. The molecule has 6 nitrogen and oxygen atoms in total. The Hall–Kier alpha value is -2.37. The largest absolute Gasteiger partial charge is 0.476 e. The number of nitrogens with one attached hydrogen (secondary N) is 1. The van der Waals surface area contributed by atoms with Gasteiger partial charge in [-0.2, -0.15) is 4.98 Å². The molecule has 0 amide bonds. The molecule has 0 atom stereocenters. The molecule has 2 heterocycles. The quantitative estimate of drug-likeness (QED) is 0.838. The second kappa shape index (κ2) is 6.70. The van der Waals surface area contributed by atoms with E-state index in [1.54, 1.807) is 12.4 Å². The van der Waals surface area contributed by atoms with Gasteiger partial charge in [0.05, 0.1) is 6.61 Å². The number of nitrogen functional groups attached to an aromatic ring is 1. The van der Waals surface area contributed by atoms with Gasteiger partial charge in [0.15, 0.2) is 5.82 Å². The van der Waals surface area contributed by atoms with Crippen molar-refractivity contribution in [3.63, 3.8) is 0 Å². The molecule has 2 aromatic rings. The normalized spacial score (nSPS) is 10.6. The molecular weight excluding hydrogens is 254 g/mol. The fraction of sp³-hybridized carbons (Fsp3) is 0.357. The molecule has 0 spiro atoms. The van der Waals surface area contributed by atoms with E-state index in [1.807, 2.05) is 12.1 Å². The summed E-state index contributed by atoms with van der Waals surface area (Å²) in [5.74, 6) is 1.40. The summed E-state index contributed by atoms with van der Waals surface area (Å²) in [4.78, 5) is 12.2. The van der Waals surface area contributed by atoms with Gasteiger partial charge in [0, 0.05) is 18.9 Å². The van der Waals surface area contributed by atoms with Crippen LogP contribution in [0.3, 0.4) is 0 Å². The second-order valence-electron chi connectivity index (χ2n) is 4.86. The highest BCUT2D eigenvalue weighted by molar-refractivity contribution is 5.66. The van der Waals surface area contributed by atoms with Crippen molar-refractivity contribution in [1.29, 1.82) is 0 Å². The molecule has 0 aromatic carbocycles. The highest BCUT2D eigenvalue weighted by Crippen LogP contribution is 2.25. The molecular formula is C14H19N5O. The zero-order chi connectivity index (χ0) is 14.4. The third-order valence-electron chi connectivity index (χ3n) is 2.58. The highest BCUT2D eigenvalue weighted by atomic mass is 16.5. The van der Waals surface area contributed by atoms with E-state index in [2.05, 4.69) is 34.1 Å². The van der Waals surface area contributed by atoms with Gasteiger partial charge in [-0.05, 0) is 17.5 Å². The first-order valence-electron chi connectivity index (χ1n) is 6.53. The van der Waals surface area contributed by atoms with Crippen molar-refractivity contribution in [1.82, 2.24) is 15.0 Å². The molecule has 0 unspecified atom stereocenters. The van der Waals surface area contributed by atoms with Gasteiger partial charge >= 0.3 is 0 Å². The smallest absolute Gasteiger partial charge is 0.242 e. The predicted molar refractivity (Wildman–Crippen MR) is 78.3 cm³/mol. The summed E-state index contributed by atoms with van der Waals surface area (Å²) in [6.07, 6.45) is 4.97. The van der Waals surface area contributed by atoms with Crippen LogP contribution in [0.2, 0.25) is 0 Å². The van der Waals surface area contributed by atoms with E-state index in [0.717, 1.165) is 5.56 Å². The molecule has 0 radical (unpaired) electrons. The van der Waals surface area contributed by atoms with Crippen LogP contribution in [0.15, 0.2) is 30.9 Å². The second-order valence-corrected chi connectivity index (χ2v) is 4.86. The Morgan fingerprint density at radius 1 is 1.35 bits per heavy atom. The first-order valence-corrected chi connectivity index (χ1v) is 6.53. The van der Waals surface area contributed by atoms with Crippen molar-refractivity contribution in [2.75, 3.05) is 17.7 Å². The van der Waals surface area contributed by atoms with Crippen molar-refractivity contribution >= 4 is 11.5 Å². The molecule has 3 N–H and O–H groups in total. The lowest BCUT2D eigenvalue weighted by atomic mass is 10.2. The minimum absolute atomic E-state index is 0.413. The molecule has 0 bridgehead atoms. The van der Waals surface area contributed by atoms with Crippen LogP contribution in [-0.4, -0.2) is 21.6 Å². The fourth-order valence-corrected chi connectivity index (χ4v) is 1.57. The van der Waals surface area contributed by atoms with Crippen molar-refractivity contribution in [3.8, 4) is 5.88 Å². The summed E-state index contributed by atoms with van der Waals surface area (Å²) in [5, 5.41) is 3.16. The maximum atomic E-state index is 6.01. The van der Waals surface area contributed by atoms with Gasteiger partial charge in [0.1, 0.15) is 12.0 Å². The minimum Gasteiger partial charge on any atom is -0.476 e.